The maximum Gasteiger partial charge on any atom is 0.326 e. The van der Waals surface area contributed by atoms with E-state index < -0.39 is 17.9 Å². The van der Waals surface area contributed by atoms with Gasteiger partial charge >= 0.3 is 5.97 Å². The molecule has 0 aliphatic rings. The number of nitrogens with one attached hydrogen (secondary N) is 1. The first-order valence-corrected chi connectivity index (χ1v) is 16.8. The number of carbonyl (C=O) groups is 2. The fourth-order valence-corrected chi connectivity index (χ4v) is 5.24. The summed E-state index contributed by atoms with van der Waals surface area (Å²) in [6.45, 7) is 14.7. The van der Waals surface area contributed by atoms with Crippen LogP contribution in [-0.2, 0) is 27.9 Å². The zero-order chi connectivity index (χ0) is 33.5. The smallest absolute Gasteiger partial charge is 0.326 e. The quantitative estimate of drug-likeness (QED) is 0.0639. The summed E-state index contributed by atoms with van der Waals surface area (Å²) in [5.41, 5.74) is 6.19. The largest absolute Gasteiger partial charge is 0.480 e. The van der Waals surface area contributed by atoms with Crippen molar-refractivity contribution in [2.75, 3.05) is 0 Å². The van der Waals surface area contributed by atoms with Gasteiger partial charge in [-0.1, -0.05) is 146 Å². The molecule has 0 radical (unpaired) electrons. The summed E-state index contributed by atoms with van der Waals surface area (Å²) in [6.07, 6.45) is 10.6. The van der Waals surface area contributed by atoms with Gasteiger partial charge in [0.2, 0.25) is 0 Å². The van der Waals surface area contributed by atoms with Gasteiger partial charge < -0.3 is 15.3 Å². The Morgan fingerprint density at radius 3 is 1.93 bits per heavy atom. The molecule has 0 spiro atoms. The van der Waals surface area contributed by atoms with Crippen LogP contribution in [0.3, 0.4) is 0 Å². The van der Waals surface area contributed by atoms with E-state index in [2.05, 4.69) is 63.8 Å². The highest BCUT2D eigenvalue weighted by molar-refractivity contribution is 6.00. The van der Waals surface area contributed by atoms with Crippen molar-refractivity contribution < 1.29 is 19.5 Å². The van der Waals surface area contributed by atoms with Gasteiger partial charge in [0.25, 0.3) is 5.91 Å². The standard InChI is InChI=1S/C40H52N2O4/c1-7-9-10-11-12-13-15-30-16-20-32(21-17-30)29(3)46-42-36(14-8-2)33-22-18-31(19-23-33)28-37(39(44)45)41-38(43)34-24-26-35(27-25-34)40(4,5)6/h16-27,37H,3,7-15,28H2,1-2,4-6H3,(H,41,43)(H,44,45)/b42-36+. The molecule has 0 heterocycles. The number of unbranched alkanes of at least 4 members (excludes halogenated alkanes) is 5. The molecule has 0 aliphatic carbocycles. The number of oxime groups is 1. The molecule has 0 saturated carbocycles. The van der Waals surface area contributed by atoms with Crippen LogP contribution < -0.4 is 5.32 Å². The Morgan fingerprint density at radius 1 is 0.783 bits per heavy atom. The van der Waals surface area contributed by atoms with Crippen LogP contribution in [0.15, 0.2) is 84.5 Å². The molecule has 0 aliphatic heterocycles. The second-order valence-corrected chi connectivity index (χ2v) is 13.1. The number of amides is 1. The van der Waals surface area contributed by atoms with Crippen molar-refractivity contribution in [3.63, 3.8) is 0 Å². The molecule has 6 nitrogen and oxygen atoms in total. The fourth-order valence-electron chi connectivity index (χ4n) is 5.24. The normalized spacial score (nSPS) is 12.4. The summed E-state index contributed by atoms with van der Waals surface area (Å²) in [5, 5.41) is 17.0. The molecule has 1 unspecified atom stereocenters. The molecular weight excluding hydrogens is 572 g/mol. The maximum atomic E-state index is 12.8. The average molecular weight is 625 g/mol. The van der Waals surface area contributed by atoms with E-state index in [4.69, 9.17) is 4.84 Å². The highest BCUT2D eigenvalue weighted by Crippen LogP contribution is 2.23. The second kappa shape index (κ2) is 18.1. The summed E-state index contributed by atoms with van der Waals surface area (Å²) in [7, 11) is 0. The van der Waals surface area contributed by atoms with Crippen molar-refractivity contribution in [2.24, 2.45) is 5.16 Å². The summed E-state index contributed by atoms with van der Waals surface area (Å²) in [4.78, 5) is 30.7. The third-order valence-electron chi connectivity index (χ3n) is 8.19. The Kier molecular flexibility index (Phi) is 14.3. The first kappa shape index (κ1) is 36.3. The number of carboxylic acid groups (broad SMARTS) is 1. The lowest BCUT2D eigenvalue weighted by Gasteiger charge is -2.19. The van der Waals surface area contributed by atoms with Crippen LogP contribution in [0.25, 0.3) is 5.76 Å². The van der Waals surface area contributed by atoms with Gasteiger partial charge in [-0.15, -0.1) is 0 Å². The molecule has 2 N–H and O–H groups in total. The molecule has 0 aromatic heterocycles. The molecule has 1 atom stereocenters. The first-order chi connectivity index (χ1) is 22.0. The van der Waals surface area contributed by atoms with Gasteiger partial charge in [-0.05, 0) is 59.1 Å². The summed E-state index contributed by atoms with van der Waals surface area (Å²) in [5.74, 6) is -1.00. The van der Waals surface area contributed by atoms with E-state index in [0.29, 0.717) is 17.7 Å². The summed E-state index contributed by atoms with van der Waals surface area (Å²) in [6, 6.07) is 22.2. The predicted molar refractivity (Wildman–Crippen MR) is 189 cm³/mol. The van der Waals surface area contributed by atoms with Crippen molar-refractivity contribution in [1.29, 1.82) is 0 Å². The van der Waals surface area contributed by atoms with Crippen LogP contribution in [0, 0.1) is 0 Å². The number of hydrogen-bond donors (Lipinski definition) is 2. The van der Waals surface area contributed by atoms with Crippen molar-refractivity contribution >= 4 is 23.3 Å². The van der Waals surface area contributed by atoms with E-state index in [9.17, 15) is 14.7 Å². The van der Waals surface area contributed by atoms with Crippen molar-refractivity contribution in [3.8, 4) is 0 Å². The van der Waals surface area contributed by atoms with Gasteiger partial charge in [0.05, 0.1) is 5.71 Å². The molecule has 6 heteroatoms. The molecule has 3 aromatic rings. The van der Waals surface area contributed by atoms with Gasteiger partial charge in [0.15, 0.2) is 5.76 Å². The Bertz CT molecular complexity index is 1430. The Balaban J connectivity index is 1.59. The molecule has 3 rings (SSSR count). The monoisotopic (exact) mass is 624 g/mol. The lowest BCUT2D eigenvalue weighted by Crippen LogP contribution is -2.42. The van der Waals surface area contributed by atoms with E-state index in [1.54, 1.807) is 12.1 Å². The number of nitrogens with zero attached hydrogens (tertiary/aromatic N) is 1. The highest BCUT2D eigenvalue weighted by Gasteiger charge is 2.22. The van der Waals surface area contributed by atoms with Gasteiger partial charge in [-0.3, -0.25) is 4.79 Å². The number of aryl methyl sites for hydroxylation is 1. The van der Waals surface area contributed by atoms with Crippen LogP contribution in [0.5, 0.6) is 0 Å². The highest BCUT2D eigenvalue weighted by atomic mass is 16.6. The van der Waals surface area contributed by atoms with Gasteiger partial charge in [0, 0.05) is 17.5 Å². The zero-order valence-corrected chi connectivity index (χ0v) is 28.4. The topological polar surface area (TPSA) is 88.0 Å². The predicted octanol–water partition coefficient (Wildman–Crippen LogP) is 9.50. The van der Waals surface area contributed by atoms with Crippen LogP contribution in [0.1, 0.15) is 124 Å². The van der Waals surface area contributed by atoms with Crippen molar-refractivity contribution in [2.45, 2.75) is 110 Å². The fraction of sp³-hybridized carbons (Fsp3) is 0.425. The zero-order valence-electron chi connectivity index (χ0n) is 28.4. The lowest BCUT2D eigenvalue weighted by molar-refractivity contribution is -0.139. The second-order valence-electron chi connectivity index (χ2n) is 13.1. The van der Waals surface area contributed by atoms with Crippen LogP contribution in [0.4, 0.5) is 0 Å². The maximum absolute atomic E-state index is 12.8. The minimum absolute atomic E-state index is 0.0363. The van der Waals surface area contributed by atoms with E-state index in [1.165, 1.54) is 44.1 Å². The van der Waals surface area contributed by atoms with Gasteiger partial charge in [-0.2, -0.15) is 0 Å². The SMILES string of the molecule is C=C(O/N=C(\CCC)c1ccc(CC(NC(=O)c2ccc(C(C)(C)C)cc2)C(=O)O)cc1)c1ccc(CCCCCCCC)cc1. The number of carboxylic acids is 1. The number of benzene rings is 3. The summed E-state index contributed by atoms with van der Waals surface area (Å²) < 4.78 is 0. The third-order valence-corrected chi connectivity index (χ3v) is 8.19. The lowest BCUT2D eigenvalue weighted by atomic mass is 9.86. The van der Waals surface area contributed by atoms with Crippen molar-refractivity contribution in [1.82, 2.24) is 5.32 Å². The summed E-state index contributed by atoms with van der Waals surface area (Å²) >= 11 is 0. The minimum atomic E-state index is -1.08. The minimum Gasteiger partial charge on any atom is -0.480 e. The molecule has 246 valence electrons. The molecular formula is C40H52N2O4. The number of hydrogen-bond acceptors (Lipinski definition) is 4. The molecule has 3 aromatic carbocycles. The Labute approximate surface area is 276 Å². The van der Waals surface area contributed by atoms with Crippen molar-refractivity contribution in [3.05, 3.63) is 113 Å². The van der Waals surface area contributed by atoms with E-state index in [1.807, 2.05) is 48.5 Å². The molecule has 0 bridgehead atoms. The molecule has 0 fully saturated rings. The van der Waals surface area contributed by atoms with E-state index >= 15 is 0 Å². The first-order valence-electron chi connectivity index (χ1n) is 16.8. The van der Waals surface area contributed by atoms with Gasteiger partial charge in [0.1, 0.15) is 6.04 Å². The molecule has 46 heavy (non-hydrogen) atoms. The Morgan fingerprint density at radius 2 is 1.35 bits per heavy atom. The third kappa shape index (κ3) is 11.6. The number of aliphatic carboxylic acids is 1. The van der Waals surface area contributed by atoms with Crippen LogP contribution >= 0.6 is 0 Å². The van der Waals surface area contributed by atoms with Crippen LogP contribution in [0.2, 0.25) is 0 Å². The van der Waals surface area contributed by atoms with Gasteiger partial charge in [-0.25, -0.2) is 4.79 Å². The Hall–Kier alpha value is -4.19. The van der Waals surface area contributed by atoms with Crippen LogP contribution in [-0.4, -0.2) is 28.7 Å². The van der Waals surface area contributed by atoms with E-state index in [0.717, 1.165) is 40.8 Å². The molecule has 0 saturated heterocycles. The number of rotatable bonds is 18. The molecule has 1 amide bonds. The van der Waals surface area contributed by atoms with E-state index in [-0.39, 0.29) is 11.8 Å². The number of carbonyl (C=O) groups excluding carboxylic acids is 1. The average Bonchev–Trinajstić information content (AvgIpc) is 3.04.